The van der Waals surface area contributed by atoms with Gasteiger partial charge in [0.1, 0.15) is 48.0 Å². The summed E-state index contributed by atoms with van der Waals surface area (Å²) in [5.74, 6) is 1.02. The minimum absolute atomic E-state index is 0.0839. The number of terminal acetylenes is 1. The van der Waals surface area contributed by atoms with Crippen molar-refractivity contribution in [3.8, 4) is 35.4 Å². The van der Waals surface area contributed by atoms with E-state index >= 15 is 4.39 Å². The zero-order chi connectivity index (χ0) is 31.7. The predicted octanol–water partition coefficient (Wildman–Crippen LogP) is 4.41. The van der Waals surface area contributed by atoms with Gasteiger partial charge in [-0.05, 0) is 43.0 Å². The van der Waals surface area contributed by atoms with Crippen LogP contribution in [0.1, 0.15) is 24.8 Å². The van der Waals surface area contributed by atoms with Crippen molar-refractivity contribution in [2.45, 2.75) is 37.0 Å². The number of carbonyl (C=O) groups excluding carboxylic acids is 1. The normalized spacial score (nSPS) is 24.3. The molecule has 4 aliphatic rings. The average molecular weight is 631 g/mol. The van der Waals surface area contributed by atoms with E-state index in [0.29, 0.717) is 49.2 Å². The molecular weight excluding hydrogens is 601 g/mol. The number of hydrogen-bond donors (Lipinski definition) is 1. The summed E-state index contributed by atoms with van der Waals surface area (Å²) < 4.78 is 57.4. The Hall–Kier alpha value is -4.83. The molecule has 1 amide bonds. The summed E-state index contributed by atoms with van der Waals surface area (Å²) in [6.07, 6.45) is 7.80. The van der Waals surface area contributed by atoms with Gasteiger partial charge in [0.05, 0.1) is 22.5 Å². The molecule has 10 nitrogen and oxygen atoms in total. The van der Waals surface area contributed by atoms with Crippen LogP contribution in [0.15, 0.2) is 30.5 Å². The topological polar surface area (TPSA) is 104 Å². The molecule has 6 heterocycles. The summed E-state index contributed by atoms with van der Waals surface area (Å²) in [5, 5.41) is 11.4. The van der Waals surface area contributed by atoms with Gasteiger partial charge in [0.15, 0.2) is 5.82 Å². The summed E-state index contributed by atoms with van der Waals surface area (Å²) in [4.78, 5) is 31.5. The third-order valence-electron chi connectivity index (χ3n) is 9.74. The molecule has 0 radical (unpaired) electrons. The first-order chi connectivity index (χ1) is 22.2. The van der Waals surface area contributed by atoms with Crippen molar-refractivity contribution in [2.75, 3.05) is 50.8 Å². The van der Waals surface area contributed by atoms with E-state index in [2.05, 4.69) is 20.8 Å². The standard InChI is InChI=1S/C33H29F3N6O4/c1-2-22-25(35)5-4-18-10-21(43)11-23(26(18)22)28-27(36)29-24(13-37-28)30(40-8-9-42-20(15-40)16-45-32(42)44)39-31(38-29)46-17-33-6-3-7-41(33)14-19(34)12-33/h1,4-5,10-11,13,19-20,43H,3,6-9,12,14-17H2/t19-,20-,33+/m1/s1. The summed E-state index contributed by atoms with van der Waals surface area (Å²) in [6.45, 7) is 2.64. The smallest absolute Gasteiger partial charge is 0.410 e. The molecule has 4 fully saturated rings. The Morgan fingerprint density at radius 3 is 2.89 bits per heavy atom. The second kappa shape index (κ2) is 10.6. The number of hydrogen-bond acceptors (Lipinski definition) is 9. The Bertz CT molecular complexity index is 1970. The zero-order valence-corrected chi connectivity index (χ0v) is 24.7. The van der Waals surface area contributed by atoms with Gasteiger partial charge in [-0.15, -0.1) is 6.42 Å². The molecule has 1 N–H and O–H groups in total. The van der Waals surface area contributed by atoms with E-state index in [0.717, 1.165) is 19.4 Å². The van der Waals surface area contributed by atoms with Gasteiger partial charge in [-0.2, -0.15) is 9.97 Å². The first-order valence-corrected chi connectivity index (χ1v) is 15.2. The number of carbonyl (C=O) groups is 1. The number of aromatic hydroxyl groups is 1. The van der Waals surface area contributed by atoms with Crippen LogP contribution in [0, 0.1) is 24.0 Å². The largest absolute Gasteiger partial charge is 0.508 e. The highest BCUT2D eigenvalue weighted by Gasteiger charge is 2.49. The van der Waals surface area contributed by atoms with Crippen LogP contribution in [-0.4, -0.2) is 99.6 Å². The van der Waals surface area contributed by atoms with Gasteiger partial charge in [-0.1, -0.05) is 12.0 Å². The monoisotopic (exact) mass is 630 g/mol. The summed E-state index contributed by atoms with van der Waals surface area (Å²) >= 11 is 0. The fourth-order valence-corrected chi connectivity index (χ4v) is 7.60. The Morgan fingerprint density at radius 1 is 1.17 bits per heavy atom. The van der Waals surface area contributed by atoms with Crippen molar-refractivity contribution in [2.24, 2.45) is 0 Å². The molecule has 4 aliphatic heterocycles. The van der Waals surface area contributed by atoms with Crippen molar-refractivity contribution >= 4 is 33.6 Å². The first kappa shape index (κ1) is 28.6. The van der Waals surface area contributed by atoms with E-state index < -0.39 is 23.3 Å². The number of halogens is 3. The highest BCUT2D eigenvalue weighted by Crippen LogP contribution is 2.42. The number of fused-ring (bicyclic) bond motifs is 4. The van der Waals surface area contributed by atoms with Crippen LogP contribution in [0.5, 0.6) is 11.8 Å². The minimum Gasteiger partial charge on any atom is -0.508 e. The molecule has 0 spiro atoms. The molecule has 236 valence electrons. The zero-order valence-electron chi connectivity index (χ0n) is 24.7. The molecule has 0 aliphatic carbocycles. The number of aromatic nitrogens is 3. The highest BCUT2D eigenvalue weighted by atomic mass is 19.1. The van der Waals surface area contributed by atoms with Crippen molar-refractivity contribution in [1.29, 1.82) is 0 Å². The van der Waals surface area contributed by atoms with Crippen LogP contribution in [0.3, 0.4) is 0 Å². The van der Waals surface area contributed by atoms with Crippen molar-refractivity contribution in [3.05, 3.63) is 47.7 Å². The second-order valence-corrected chi connectivity index (χ2v) is 12.4. The maximum absolute atomic E-state index is 16.8. The number of anilines is 1. The van der Waals surface area contributed by atoms with E-state index in [1.165, 1.54) is 30.5 Å². The van der Waals surface area contributed by atoms with E-state index in [1.54, 1.807) is 4.90 Å². The quantitative estimate of drug-likeness (QED) is 0.322. The lowest BCUT2D eigenvalue weighted by Gasteiger charge is -2.36. The van der Waals surface area contributed by atoms with Crippen LogP contribution < -0.4 is 9.64 Å². The molecule has 3 atom stereocenters. The van der Waals surface area contributed by atoms with Gasteiger partial charge >= 0.3 is 12.1 Å². The summed E-state index contributed by atoms with van der Waals surface area (Å²) in [6, 6.07) is 5.05. The molecule has 0 unspecified atom stereocenters. The molecule has 4 saturated heterocycles. The Kier molecular flexibility index (Phi) is 6.61. The number of pyridine rings is 1. The molecule has 2 aromatic carbocycles. The molecular formula is C33H29F3N6O4. The van der Waals surface area contributed by atoms with Gasteiger partial charge in [-0.3, -0.25) is 14.8 Å². The number of nitrogens with zero attached hydrogens (tertiary/aromatic N) is 6. The molecule has 4 aromatic rings. The Balaban J connectivity index is 1.26. The van der Waals surface area contributed by atoms with Crippen molar-refractivity contribution in [3.63, 3.8) is 0 Å². The average Bonchev–Trinajstić information content (AvgIpc) is 3.71. The number of phenolic OH excluding ortho intramolecular Hbond substituents is 1. The van der Waals surface area contributed by atoms with E-state index in [4.69, 9.17) is 20.9 Å². The number of amides is 1. The lowest BCUT2D eigenvalue weighted by molar-refractivity contribution is 0.107. The highest BCUT2D eigenvalue weighted by molar-refractivity contribution is 6.03. The van der Waals surface area contributed by atoms with Gasteiger partial charge < -0.3 is 19.5 Å². The Morgan fingerprint density at radius 2 is 2.04 bits per heavy atom. The van der Waals surface area contributed by atoms with Crippen LogP contribution in [-0.2, 0) is 4.74 Å². The lowest BCUT2D eigenvalue weighted by Crippen LogP contribution is -2.52. The maximum atomic E-state index is 16.8. The number of cyclic esters (lactones) is 1. The predicted molar refractivity (Wildman–Crippen MR) is 162 cm³/mol. The number of phenols is 1. The summed E-state index contributed by atoms with van der Waals surface area (Å²) in [7, 11) is 0. The number of piperazine rings is 1. The molecule has 8 rings (SSSR count). The number of benzene rings is 2. The summed E-state index contributed by atoms with van der Waals surface area (Å²) in [5.41, 5.74) is -0.765. The lowest BCUT2D eigenvalue weighted by atomic mass is 9.95. The minimum atomic E-state index is -0.953. The van der Waals surface area contributed by atoms with E-state index in [-0.39, 0.29) is 64.8 Å². The molecule has 0 bridgehead atoms. The first-order valence-electron chi connectivity index (χ1n) is 15.2. The fraction of sp³-hybridized carbons (Fsp3) is 0.394. The number of ether oxygens (including phenoxy) is 2. The van der Waals surface area contributed by atoms with Crippen molar-refractivity contribution < 1.29 is 32.5 Å². The second-order valence-electron chi connectivity index (χ2n) is 12.4. The van der Waals surface area contributed by atoms with Crippen LogP contribution >= 0.6 is 0 Å². The fourth-order valence-electron chi connectivity index (χ4n) is 7.60. The third kappa shape index (κ3) is 4.46. The maximum Gasteiger partial charge on any atom is 0.410 e. The Labute approximate surface area is 261 Å². The van der Waals surface area contributed by atoms with Gasteiger partial charge in [-0.25, -0.2) is 18.0 Å². The van der Waals surface area contributed by atoms with Gasteiger partial charge in [0, 0.05) is 49.7 Å². The molecule has 0 saturated carbocycles. The van der Waals surface area contributed by atoms with Crippen LogP contribution in [0.2, 0.25) is 0 Å². The van der Waals surface area contributed by atoms with E-state index in [1.807, 2.05) is 4.90 Å². The number of rotatable bonds is 5. The molecule has 46 heavy (non-hydrogen) atoms. The molecule has 13 heteroatoms. The van der Waals surface area contributed by atoms with E-state index in [9.17, 15) is 18.7 Å². The third-order valence-corrected chi connectivity index (χ3v) is 9.74. The molecule has 2 aromatic heterocycles. The van der Waals surface area contributed by atoms with Gasteiger partial charge in [0.2, 0.25) is 0 Å². The number of alkyl halides is 1. The SMILES string of the molecule is C#Cc1c(F)ccc2cc(O)cc(-c3ncc4c(N5CCN6C(=O)OC[C@H]6C5)nc(OC[C@@]56CCCN5C[C@H](F)C6)nc4c3F)c12. The van der Waals surface area contributed by atoms with Crippen LogP contribution in [0.25, 0.3) is 32.9 Å². The van der Waals surface area contributed by atoms with Gasteiger partial charge in [0.25, 0.3) is 0 Å². The van der Waals surface area contributed by atoms with Crippen LogP contribution in [0.4, 0.5) is 23.8 Å². The van der Waals surface area contributed by atoms with Crippen molar-refractivity contribution in [1.82, 2.24) is 24.8 Å².